The van der Waals surface area contributed by atoms with E-state index in [0.29, 0.717) is 32.7 Å². The summed E-state index contributed by atoms with van der Waals surface area (Å²) in [4.78, 5) is 33.3. The van der Waals surface area contributed by atoms with Crippen LogP contribution in [-0.2, 0) is 20.9 Å². The van der Waals surface area contributed by atoms with Crippen LogP contribution >= 0.6 is 0 Å². The molecule has 1 atom stereocenters. The third kappa shape index (κ3) is 4.03. The molecule has 0 unspecified atom stereocenters. The summed E-state index contributed by atoms with van der Waals surface area (Å²) in [5.74, 6) is 0.378. The number of amides is 2. The molecule has 0 aromatic carbocycles. The van der Waals surface area contributed by atoms with Gasteiger partial charge in [0.05, 0.1) is 18.3 Å². The zero-order chi connectivity index (χ0) is 17.7. The van der Waals surface area contributed by atoms with Crippen molar-refractivity contribution < 1.29 is 14.3 Å². The summed E-state index contributed by atoms with van der Waals surface area (Å²) in [7, 11) is 1.66. The van der Waals surface area contributed by atoms with Crippen molar-refractivity contribution in [2.45, 2.75) is 38.6 Å². The second kappa shape index (κ2) is 7.99. The Balaban J connectivity index is 1.51. The average molecular weight is 348 g/mol. The molecule has 0 saturated carbocycles. The third-order valence-electron chi connectivity index (χ3n) is 5.46. The van der Waals surface area contributed by atoms with Gasteiger partial charge in [-0.25, -0.2) is 4.98 Å². The molecule has 7 nitrogen and oxygen atoms in total. The summed E-state index contributed by atoms with van der Waals surface area (Å²) >= 11 is 0. The number of carbonyl (C=O) groups is 2. The van der Waals surface area contributed by atoms with Crippen LogP contribution in [0.25, 0.3) is 0 Å². The summed E-state index contributed by atoms with van der Waals surface area (Å²) in [5, 5.41) is 0. The van der Waals surface area contributed by atoms with Gasteiger partial charge in [0, 0.05) is 58.6 Å². The van der Waals surface area contributed by atoms with Gasteiger partial charge in [0.1, 0.15) is 0 Å². The van der Waals surface area contributed by atoms with Crippen LogP contribution in [0.3, 0.4) is 0 Å². The molecule has 1 aromatic heterocycles. The highest BCUT2D eigenvalue weighted by Gasteiger charge is 2.49. The van der Waals surface area contributed by atoms with Crippen LogP contribution < -0.4 is 0 Å². The molecule has 138 valence electrons. The standard InChI is InChI=1S/C18H28N4O3/c1-25-13-12-21-9-3-5-18(17(21)24)6-10-22(14-18)16(23)4-2-8-20-11-7-19-15-20/h7,11,15H,2-6,8-10,12-14H2,1H3/t18-/m1/s1. The topological polar surface area (TPSA) is 67.7 Å². The Morgan fingerprint density at radius 1 is 1.32 bits per heavy atom. The lowest BCUT2D eigenvalue weighted by Crippen LogP contribution is -2.51. The third-order valence-corrected chi connectivity index (χ3v) is 5.46. The summed E-state index contributed by atoms with van der Waals surface area (Å²) in [6, 6.07) is 0. The Kier molecular flexibility index (Phi) is 5.73. The minimum absolute atomic E-state index is 0.166. The first-order valence-corrected chi connectivity index (χ1v) is 9.16. The maximum atomic E-state index is 12.9. The molecule has 0 bridgehead atoms. The number of methoxy groups -OCH3 is 1. The Bertz CT molecular complexity index is 589. The van der Waals surface area contributed by atoms with E-state index in [-0.39, 0.29) is 17.2 Å². The fraction of sp³-hybridized carbons (Fsp3) is 0.722. The number of ether oxygens (including phenoxy) is 1. The number of nitrogens with zero attached hydrogens (tertiary/aromatic N) is 4. The first-order valence-electron chi connectivity index (χ1n) is 9.16. The molecule has 0 N–H and O–H groups in total. The first kappa shape index (κ1) is 17.9. The van der Waals surface area contributed by atoms with E-state index in [1.165, 1.54) is 0 Å². The van der Waals surface area contributed by atoms with E-state index in [1.54, 1.807) is 19.6 Å². The molecule has 3 rings (SSSR count). The van der Waals surface area contributed by atoms with Crippen molar-refractivity contribution >= 4 is 11.8 Å². The lowest BCUT2D eigenvalue weighted by atomic mass is 9.78. The van der Waals surface area contributed by atoms with Crippen LogP contribution in [0.2, 0.25) is 0 Å². The summed E-state index contributed by atoms with van der Waals surface area (Å²) in [5.41, 5.74) is -0.355. The van der Waals surface area contributed by atoms with Gasteiger partial charge in [-0.3, -0.25) is 9.59 Å². The maximum absolute atomic E-state index is 12.9. The minimum Gasteiger partial charge on any atom is -0.383 e. The molecule has 2 aliphatic heterocycles. The predicted molar refractivity (Wildman–Crippen MR) is 92.8 cm³/mol. The number of hydrogen-bond acceptors (Lipinski definition) is 4. The SMILES string of the molecule is COCCN1CCC[C@]2(CCN(C(=O)CCCn3ccnc3)C2)C1=O. The van der Waals surface area contributed by atoms with Gasteiger partial charge in [-0.2, -0.15) is 0 Å². The minimum atomic E-state index is -0.355. The van der Waals surface area contributed by atoms with E-state index in [0.717, 1.165) is 38.8 Å². The molecule has 0 radical (unpaired) electrons. The van der Waals surface area contributed by atoms with Gasteiger partial charge in [-0.1, -0.05) is 0 Å². The summed E-state index contributed by atoms with van der Waals surface area (Å²) in [6.07, 6.45) is 9.45. The van der Waals surface area contributed by atoms with E-state index in [2.05, 4.69) is 4.98 Å². The Labute approximate surface area is 148 Å². The maximum Gasteiger partial charge on any atom is 0.230 e. The van der Waals surface area contributed by atoms with Gasteiger partial charge < -0.3 is 19.1 Å². The number of carbonyl (C=O) groups excluding carboxylic acids is 2. The van der Waals surface area contributed by atoms with E-state index in [1.807, 2.05) is 20.6 Å². The molecular weight excluding hydrogens is 320 g/mol. The molecule has 2 fully saturated rings. The van der Waals surface area contributed by atoms with E-state index in [4.69, 9.17) is 4.74 Å². The van der Waals surface area contributed by atoms with Crippen LogP contribution in [0.4, 0.5) is 0 Å². The molecule has 2 amide bonds. The van der Waals surface area contributed by atoms with Crippen LogP contribution in [0.15, 0.2) is 18.7 Å². The van der Waals surface area contributed by atoms with Crippen molar-refractivity contribution in [3.8, 4) is 0 Å². The van der Waals surface area contributed by atoms with Gasteiger partial charge in [-0.15, -0.1) is 0 Å². The molecule has 7 heteroatoms. The Hall–Kier alpha value is -1.89. The van der Waals surface area contributed by atoms with Crippen molar-refractivity contribution in [2.24, 2.45) is 5.41 Å². The summed E-state index contributed by atoms with van der Waals surface area (Å²) < 4.78 is 7.10. The predicted octanol–water partition coefficient (Wildman–Crippen LogP) is 1.15. The van der Waals surface area contributed by atoms with Gasteiger partial charge in [0.15, 0.2) is 0 Å². The van der Waals surface area contributed by atoms with Crippen molar-refractivity contribution in [3.05, 3.63) is 18.7 Å². The number of imidazole rings is 1. The Morgan fingerprint density at radius 2 is 2.20 bits per heavy atom. The number of hydrogen-bond donors (Lipinski definition) is 0. The molecule has 3 heterocycles. The van der Waals surface area contributed by atoms with Gasteiger partial charge in [0.2, 0.25) is 11.8 Å². The molecular formula is C18H28N4O3. The Morgan fingerprint density at radius 3 is 2.96 bits per heavy atom. The van der Waals surface area contributed by atoms with Gasteiger partial charge in [0.25, 0.3) is 0 Å². The second-order valence-corrected chi connectivity index (χ2v) is 7.14. The molecule has 1 aromatic rings. The highest BCUT2D eigenvalue weighted by molar-refractivity contribution is 5.86. The first-order chi connectivity index (χ1) is 12.1. The molecule has 2 saturated heterocycles. The van der Waals surface area contributed by atoms with E-state index in [9.17, 15) is 9.59 Å². The quantitative estimate of drug-likeness (QED) is 0.741. The number of piperidine rings is 1. The van der Waals surface area contributed by atoms with Gasteiger partial charge >= 0.3 is 0 Å². The van der Waals surface area contributed by atoms with E-state index >= 15 is 0 Å². The molecule has 25 heavy (non-hydrogen) atoms. The molecule has 2 aliphatic rings. The lowest BCUT2D eigenvalue weighted by molar-refractivity contribution is -0.146. The lowest BCUT2D eigenvalue weighted by Gasteiger charge is -2.39. The average Bonchev–Trinajstić information content (AvgIpc) is 3.27. The largest absolute Gasteiger partial charge is 0.383 e. The summed E-state index contributed by atoms with van der Waals surface area (Å²) in [6.45, 7) is 4.11. The van der Waals surface area contributed by atoms with Crippen molar-refractivity contribution in [1.29, 1.82) is 0 Å². The van der Waals surface area contributed by atoms with Crippen LogP contribution in [0.5, 0.6) is 0 Å². The van der Waals surface area contributed by atoms with Crippen LogP contribution in [0, 0.1) is 5.41 Å². The van der Waals surface area contributed by atoms with E-state index < -0.39 is 0 Å². The van der Waals surface area contributed by atoms with Gasteiger partial charge in [-0.05, 0) is 25.7 Å². The van der Waals surface area contributed by atoms with Crippen LogP contribution in [-0.4, -0.2) is 71.1 Å². The van der Waals surface area contributed by atoms with Crippen molar-refractivity contribution in [1.82, 2.24) is 19.4 Å². The molecule has 0 aliphatic carbocycles. The van der Waals surface area contributed by atoms with Crippen molar-refractivity contribution in [2.75, 3.05) is 39.9 Å². The number of aryl methyl sites for hydroxylation is 1. The highest BCUT2D eigenvalue weighted by atomic mass is 16.5. The fourth-order valence-electron chi connectivity index (χ4n) is 4.02. The number of aromatic nitrogens is 2. The van der Waals surface area contributed by atoms with Crippen LogP contribution in [0.1, 0.15) is 32.1 Å². The zero-order valence-electron chi connectivity index (χ0n) is 15.0. The normalized spacial score (nSPS) is 23.6. The number of likely N-dealkylation sites (tertiary alicyclic amines) is 2. The highest BCUT2D eigenvalue weighted by Crippen LogP contribution is 2.40. The monoisotopic (exact) mass is 348 g/mol. The number of rotatable bonds is 7. The zero-order valence-corrected chi connectivity index (χ0v) is 15.0. The molecule has 1 spiro atoms. The fourth-order valence-corrected chi connectivity index (χ4v) is 4.02. The second-order valence-electron chi connectivity index (χ2n) is 7.14. The van der Waals surface area contributed by atoms with Crippen molar-refractivity contribution in [3.63, 3.8) is 0 Å². The smallest absolute Gasteiger partial charge is 0.230 e.